The van der Waals surface area contributed by atoms with Crippen LogP contribution in [0.5, 0.6) is 0 Å². The van der Waals surface area contributed by atoms with Gasteiger partial charge in [0.2, 0.25) is 0 Å². The summed E-state index contributed by atoms with van der Waals surface area (Å²) in [6.45, 7) is 3.53. The number of aliphatic hydroxyl groups excluding tert-OH is 1. The van der Waals surface area contributed by atoms with Crippen LogP contribution in [-0.2, 0) is 9.47 Å². The van der Waals surface area contributed by atoms with Crippen molar-refractivity contribution in [1.82, 2.24) is 0 Å². The molecule has 2 atom stereocenters. The van der Waals surface area contributed by atoms with Gasteiger partial charge < -0.3 is 14.6 Å². The summed E-state index contributed by atoms with van der Waals surface area (Å²) in [5.74, 6) is -0.717. The van der Waals surface area contributed by atoms with Crippen molar-refractivity contribution in [1.29, 1.82) is 0 Å². The van der Waals surface area contributed by atoms with E-state index in [-0.39, 0.29) is 12.7 Å². The second-order valence-corrected chi connectivity index (χ2v) is 5.63. The molecule has 1 fully saturated rings. The summed E-state index contributed by atoms with van der Waals surface area (Å²) >= 11 is 12.2. The van der Waals surface area contributed by atoms with E-state index in [4.69, 9.17) is 32.7 Å². The van der Waals surface area contributed by atoms with Gasteiger partial charge >= 0.3 is 0 Å². The molecule has 1 saturated heterocycles. The maximum atomic E-state index is 9.38. The van der Waals surface area contributed by atoms with Crippen LogP contribution in [0.2, 0.25) is 0 Å². The first-order valence-electron chi connectivity index (χ1n) is 5.82. The molecule has 0 amide bonds. The fourth-order valence-electron chi connectivity index (χ4n) is 2.17. The molecule has 5 heteroatoms. The van der Waals surface area contributed by atoms with Gasteiger partial charge in [-0.1, -0.05) is 29.3 Å². The number of halogens is 2. The molecule has 0 radical (unpaired) electrons. The molecule has 1 N–H and O–H groups in total. The highest BCUT2D eigenvalue weighted by atomic mass is 35.5. The smallest absolute Gasteiger partial charge is 0.164 e. The molecule has 0 aromatic carbocycles. The van der Waals surface area contributed by atoms with Gasteiger partial charge in [0, 0.05) is 10.1 Å². The van der Waals surface area contributed by atoms with Gasteiger partial charge in [0.05, 0.1) is 6.61 Å². The third-order valence-electron chi connectivity index (χ3n) is 2.89. The van der Waals surface area contributed by atoms with Gasteiger partial charge in [-0.3, -0.25) is 0 Å². The van der Waals surface area contributed by atoms with Crippen LogP contribution in [0.4, 0.5) is 0 Å². The molecule has 3 nitrogen and oxygen atoms in total. The van der Waals surface area contributed by atoms with E-state index in [1.165, 1.54) is 0 Å². The monoisotopic (exact) mass is 290 g/mol. The molecule has 0 aromatic heterocycles. The van der Waals surface area contributed by atoms with E-state index in [1.54, 1.807) is 12.2 Å². The number of ether oxygens (including phenoxy) is 2. The minimum absolute atomic E-state index is 0.108. The van der Waals surface area contributed by atoms with E-state index in [0.717, 1.165) is 5.57 Å². The highest BCUT2D eigenvalue weighted by molar-refractivity contribution is 6.35. The molecule has 0 saturated carbocycles. The lowest BCUT2D eigenvalue weighted by Crippen LogP contribution is -2.28. The molecule has 2 aliphatic rings. The number of hydrogen-bond donors (Lipinski definition) is 1. The van der Waals surface area contributed by atoms with E-state index in [2.05, 4.69) is 0 Å². The Labute approximate surface area is 117 Å². The summed E-state index contributed by atoms with van der Waals surface area (Å²) < 4.78 is 11.5. The van der Waals surface area contributed by atoms with E-state index in [1.807, 2.05) is 19.9 Å². The summed E-state index contributed by atoms with van der Waals surface area (Å²) in [7, 11) is 0. The van der Waals surface area contributed by atoms with Crippen molar-refractivity contribution in [3.63, 3.8) is 0 Å². The van der Waals surface area contributed by atoms with Crippen LogP contribution in [0.3, 0.4) is 0 Å². The number of hydrogen-bond acceptors (Lipinski definition) is 3. The van der Waals surface area contributed by atoms with Gasteiger partial charge in [-0.05, 0) is 38.0 Å². The van der Waals surface area contributed by atoms with E-state index >= 15 is 0 Å². The molecular weight excluding hydrogens is 275 g/mol. The van der Waals surface area contributed by atoms with Crippen LogP contribution >= 0.6 is 23.2 Å². The Kier molecular flexibility index (Phi) is 4.19. The first-order valence-corrected chi connectivity index (χ1v) is 6.57. The van der Waals surface area contributed by atoms with Crippen molar-refractivity contribution >= 4 is 23.2 Å². The highest BCUT2D eigenvalue weighted by Gasteiger charge is 2.43. The quantitative estimate of drug-likeness (QED) is 0.849. The fourth-order valence-corrected chi connectivity index (χ4v) is 2.73. The van der Waals surface area contributed by atoms with Gasteiger partial charge in [-0.2, -0.15) is 0 Å². The van der Waals surface area contributed by atoms with Crippen molar-refractivity contribution in [2.75, 3.05) is 6.61 Å². The average Bonchev–Trinajstić information content (AvgIpc) is 2.48. The lowest BCUT2D eigenvalue weighted by atomic mass is 10.0. The number of aliphatic hydroxyl groups is 1. The van der Waals surface area contributed by atoms with Gasteiger partial charge in [-0.25, -0.2) is 0 Å². The molecule has 0 aromatic rings. The predicted octanol–water partition coefficient (Wildman–Crippen LogP) is 3.07. The van der Waals surface area contributed by atoms with E-state index in [9.17, 15) is 5.11 Å². The zero-order valence-corrected chi connectivity index (χ0v) is 11.8. The summed E-state index contributed by atoms with van der Waals surface area (Å²) in [4.78, 5) is 0. The SMILES string of the molecule is CC1(C)OC(CO)C(C2=C(Cl)C=C(Cl)C=CC2)O1. The molecule has 1 heterocycles. The standard InChI is InChI=1S/C13H16Cl2O3/c1-13(2)17-11(7-16)12(18-13)9-5-3-4-8(14)6-10(9)15/h3-4,6,11-12,16H,5,7H2,1-2H3. The molecule has 1 aliphatic carbocycles. The van der Waals surface area contributed by atoms with Crippen LogP contribution < -0.4 is 0 Å². The second-order valence-electron chi connectivity index (χ2n) is 4.79. The lowest BCUT2D eigenvalue weighted by molar-refractivity contribution is -0.147. The van der Waals surface area contributed by atoms with Crippen molar-refractivity contribution in [2.24, 2.45) is 0 Å². The van der Waals surface area contributed by atoms with Gasteiger partial charge in [0.1, 0.15) is 12.2 Å². The summed E-state index contributed by atoms with van der Waals surface area (Å²) in [6, 6.07) is 0. The van der Waals surface area contributed by atoms with Crippen LogP contribution in [-0.4, -0.2) is 29.7 Å². The Balaban J connectivity index is 2.30. The Morgan fingerprint density at radius 3 is 2.78 bits per heavy atom. The Morgan fingerprint density at radius 2 is 2.11 bits per heavy atom. The minimum atomic E-state index is -0.717. The molecule has 100 valence electrons. The number of allylic oxidation sites excluding steroid dienone is 5. The van der Waals surface area contributed by atoms with Crippen molar-refractivity contribution in [3.8, 4) is 0 Å². The van der Waals surface area contributed by atoms with Gasteiger partial charge in [-0.15, -0.1) is 0 Å². The lowest BCUT2D eigenvalue weighted by Gasteiger charge is -2.19. The Bertz CT molecular complexity index is 424. The molecule has 0 spiro atoms. The average molecular weight is 291 g/mol. The second kappa shape index (κ2) is 5.35. The third kappa shape index (κ3) is 2.98. The first-order chi connectivity index (χ1) is 8.43. The Morgan fingerprint density at radius 1 is 1.39 bits per heavy atom. The maximum Gasteiger partial charge on any atom is 0.164 e. The van der Waals surface area contributed by atoms with E-state index < -0.39 is 11.9 Å². The zero-order chi connectivity index (χ0) is 13.3. The Hall–Kier alpha value is -0.320. The normalized spacial score (nSPS) is 31.5. The maximum absolute atomic E-state index is 9.38. The summed E-state index contributed by atoms with van der Waals surface area (Å²) in [6.07, 6.45) is 5.29. The number of rotatable bonds is 2. The highest BCUT2D eigenvalue weighted by Crippen LogP contribution is 2.36. The topological polar surface area (TPSA) is 38.7 Å². The van der Waals surface area contributed by atoms with Crippen molar-refractivity contribution in [2.45, 2.75) is 38.3 Å². The molecule has 0 bridgehead atoms. The predicted molar refractivity (Wildman–Crippen MR) is 71.5 cm³/mol. The molecule has 2 rings (SSSR count). The fraction of sp³-hybridized carbons (Fsp3) is 0.538. The van der Waals surface area contributed by atoms with Crippen LogP contribution in [0, 0.1) is 0 Å². The van der Waals surface area contributed by atoms with Crippen molar-refractivity contribution in [3.05, 3.63) is 33.9 Å². The molecule has 18 heavy (non-hydrogen) atoms. The zero-order valence-electron chi connectivity index (χ0n) is 10.3. The van der Waals surface area contributed by atoms with E-state index in [0.29, 0.717) is 16.5 Å². The third-order valence-corrected chi connectivity index (χ3v) is 3.48. The first kappa shape index (κ1) is 14.1. The minimum Gasteiger partial charge on any atom is -0.394 e. The van der Waals surface area contributed by atoms with Crippen LogP contribution in [0.15, 0.2) is 33.9 Å². The molecule has 1 aliphatic heterocycles. The van der Waals surface area contributed by atoms with Gasteiger partial charge in [0.25, 0.3) is 0 Å². The van der Waals surface area contributed by atoms with Crippen LogP contribution in [0.25, 0.3) is 0 Å². The van der Waals surface area contributed by atoms with Crippen molar-refractivity contribution < 1.29 is 14.6 Å². The van der Waals surface area contributed by atoms with Crippen LogP contribution in [0.1, 0.15) is 20.3 Å². The largest absolute Gasteiger partial charge is 0.394 e. The summed E-state index contributed by atoms with van der Waals surface area (Å²) in [5.41, 5.74) is 0.883. The molecular formula is C13H16Cl2O3. The molecule has 2 unspecified atom stereocenters. The van der Waals surface area contributed by atoms with Gasteiger partial charge in [0.15, 0.2) is 5.79 Å². The summed E-state index contributed by atoms with van der Waals surface area (Å²) in [5, 5.41) is 10.5.